The third-order valence-corrected chi connectivity index (χ3v) is 2.89. The summed E-state index contributed by atoms with van der Waals surface area (Å²) in [5.41, 5.74) is 3.68. The number of ether oxygens (including phenoxy) is 1. The molecule has 0 unspecified atom stereocenters. The lowest BCUT2D eigenvalue weighted by Crippen LogP contribution is -2.39. The van der Waals surface area contributed by atoms with Gasteiger partial charge in [-0.2, -0.15) is 5.10 Å². The van der Waals surface area contributed by atoms with E-state index in [4.69, 9.17) is 4.74 Å². The maximum atomic E-state index is 10.5. The molecule has 0 radical (unpaired) electrons. The van der Waals surface area contributed by atoms with E-state index in [1.165, 1.54) is 12.1 Å². The predicted octanol–water partition coefficient (Wildman–Crippen LogP) is 1.67. The molecule has 0 amide bonds. The Balaban J connectivity index is 1.94. The fourth-order valence-electron chi connectivity index (χ4n) is 1.76. The summed E-state index contributed by atoms with van der Waals surface area (Å²) in [6.45, 7) is 5.01. The van der Waals surface area contributed by atoms with Gasteiger partial charge in [-0.25, -0.2) is 0 Å². The van der Waals surface area contributed by atoms with Crippen molar-refractivity contribution in [2.75, 3.05) is 31.7 Å². The van der Waals surface area contributed by atoms with Crippen LogP contribution in [0.25, 0.3) is 0 Å². The van der Waals surface area contributed by atoms with Gasteiger partial charge in [-0.05, 0) is 19.1 Å². The quantitative estimate of drug-likeness (QED) is 0.389. The van der Waals surface area contributed by atoms with Crippen LogP contribution >= 0.6 is 0 Å². The summed E-state index contributed by atoms with van der Waals surface area (Å²) in [6.07, 6.45) is 0. The molecule has 1 aliphatic heterocycles. The topological polar surface area (TPSA) is 80.0 Å². The number of hydrogen-bond donors (Lipinski definition) is 1. The Morgan fingerprint density at radius 2 is 2.00 bits per heavy atom. The van der Waals surface area contributed by atoms with Crippen molar-refractivity contribution in [3.63, 3.8) is 0 Å². The van der Waals surface area contributed by atoms with Crippen molar-refractivity contribution in [2.24, 2.45) is 5.10 Å². The second kappa shape index (κ2) is 6.14. The summed E-state index contributed by atoms with van der Waals surface area (Å²) < 4.78 is 5.27. The van der Waals surface area contributed by atoms with Gasteiger partial charge in [0.1, 0.15) is 5.84 Å². The molecule has 0 aromatic heterocycles. The van der Waals surface area contributed by atoms with E-state index in [-0.39, 0.29) is 5.69 Å². The third kappa shape index (κ3) is 3.65. The molecule has 0 saturated carbocycles. The molecule has 7 nitrogen and oxygen atoms in total. The van der Waals surface area contributed by atoms with E-state index in [0.717, 1.165) is 24.6 Å². The van der Waals surface area contributed by atoms with E-state index in [1.54, 1.807) is 12.1 Å². The molecule has 0 aliphatic carbocycles. The molecule has 2 rings (SSSR count). The number of amidine groups is 1. The molecule has 1 aromatic rings. The fraction of sp³-hybridized carbons (Fsp3) is 0.417. The molecule has 1 aliphatic rings. The molecule has 1 saturated heterocycles. The number of anilines is 1. The van der Waals surface area contributed by atoms with Gasteiger partial charge in [0.15, 0.2) is 0 Å². The summed E-state index contributed by atoms with van der Waals surface area (Å²) in [5, 5.41) is 14.8. The number of nitro groups is 1. The lowest BCUT2D eigenvalue weighted by molar-refractivity contribution is -0.384. The van der Waals surface area contributed by atoms with E-state index in [9.17, 15) is 10.1 Å². The largest absolute Gasteiger partial charge is 0.378 e. The summed E-state index contributed by atoms with van der Waals surface area (Å²) in [6, 6.07) is 6.16. The van der Waals surface area contributed by atoms with Crippen LogP contribution in [-0.4, -0.2) is 42.0 Å². The Hall–Kier alpha value is -2.15. The van der Waals surface area contributed by atoms with Crippen LogP contribution < -0.4 is 5.43 Å². The van der Waals surface area contributed by atoms with Gasteiger partial charge in [0.2, 0.25) is 0 Å². The van der Waals surface area contributed by atoms with Crippen LogP contribution in [0.5, 0.6) is 0 Å². The average Bonchev–Trinajstić information content (AvgIpc) is 2.46. The average molecular weight is 264 g/mol. The van der Waals surface area contributed by atoms with E-state index >= 15 is 0 Å². The number of nitrogens with one attached hydrogen (secondary N) is 1. The Morgan fingerprint density at radius 3 is 2.58 bits per heavy atom. The second-order valence-electron chi connectivity index (χ2n) is 4.17. The van der Waals surface area contributed by atoms with Gasteiger partial charge in [0.25, 0.3) is 5.69 Å². The number of rotatable bonds is 3. The highest BCUT2D eigenvalue weighted by Gasteiger charge is 2.11. The fourth-order valence-corrected chi connectivity index (χ4v) is 1.76. The number of nitro benzene ring substituents is 1. The van der Waals surface area contributed by atoms with Crippen molar-refractivity contribution in [1.82, 2.24) is 4.90 Å². The molecule has 0 atom stereocenters. The van der Waals surface area contributed by atoms with Crippen molar-refractivity contribution in [1.29, 1.82) is 0 Å². The standard InChI is InChI=1S/C12H16N4O3/c1-10(15-6-8-19-9-7-15)13-14-11-2-4-12(5-3-11)16(17)18/h2-5,14H,6-9H2,1H3/b13-10-. The van der Waals surface area contributed by atoms with Crippen molar-refractivity contribution < 1.29 is 9.66 Å². The first-order chi connectivity index (χ1) is 9.16. The van der Waals surface area contributed by atoms with Crippen molar-refractivity contribution >= 4 is 17.2 Å². The molecule has 7 heteroatoms. The van der Waals surface area contributed by atoms with Gasteiger partial charge < -0.3 is 9.64 Å². The van der Waals surface area contributed by atoms with Gasteiger partial charge in [0, 0.05) is 25.2 Å². The zero-order valence-electron chi connectivity index (χ0n) is 10.7. The number of nitrogens with zero attached hydrogens (tertiary/aromatic N) is 3. The van der Waals surface area contributed by atoms with E-state index < -0.39 is 4.92 Å². The number of benzene rings is 1. The monoisotopic (exact) mass is 264 g/mol. The number of hydrogen-bond acceptors (Lipinski definition) is 5. The molecular weight excluding hydrogens is 248 g/mol. The molecule has 0 spiro atoms. The minimum Gasteiger partial charge on any atom is -0.378 e. The SMILES string of the molecule is C/C(=N/Nc1ccc([N+](=O)[O-])cc1)N1CCOCC1. The van der Waals surface area contributed by atoms with Crippen LogP contribution in [-0.2, 0) is 4.74 Å². The number of non-ortho nitro benzene ring substituents is 1. The third-order valence-electron chi connectivity index (χ3n) is 2.89. The smallest absolute Gasteiger partial charge is 0.269 e. The molecule has 1 N–H and O–H groups in total. The van der Waals surface area contributed by atoms with Crippen molar-refractivity contribution in [3.05, 3.63) is 34.4 Å². The highest BCUT2D eigenvalue weighted by atomic mass is 16.6. The zero-order chi connectivity index (χ0) is 13.7. The lowest BCUT2D eigenvalue weighted by Gasteiger charge is -2.28. The summed E-state index contributed by atoms with van der Waals surface area (Å²) >= 11 is 0. The molecule has 0 bridgehead atoms. The number of morpholine rings is 1. The van der Waals surface area contributed by atoms with E-state index in [0.29, 0.717) is 13.2 Å². The summed E-state index contributed by atoms with van der Waals surface area (Å²) in [7, 11) is 0. The molecule has 1 heterocycles. The first kappa shape index (κ1) is 13.3. The maximum absolute atomic E-state index is 10.5. The maximum Gasteiger partial charge on any atom is 0.269 e. The molecule has 1 fully saturated rings. The van der Waals surface area contributed by atoms with Crippen LogP contribution in [0, 0.1) is 10.1 Å². The van der Waals surface area contributed by atoms with Gasteiger partial charge >= 0.3 is 0 Å². The van der Waals surface area contributed by atoms with E-state index in [2.05, 4.69) is 15.4 Å². The molecule has 1 aromatic carbocycles. The normalized spacial score (nSPS) is 16.3. The van der Waals surface area contributed by atoms with Crippen LogP contribution in [0.15, 0.2) is 29.4 Å². The van der Waals surface area contributed by atoms with Gasteiger partial charge in [-0.3, -0.25) is 15.5 Å². The van der Waals surface area contributed by atoms with Gasteiger partial charge in [-0.1, -0.05) is 0 Å². The summed E-state index contributed by atoms with van der Waals surface area (Å²) in [4.78, 5) is 12.2. The highest BCUT2D eigenvalue weighted by Crippen LogP contribution is 2.15. The number of hydrazone groups is 1. The summed E-state index contributed by atoms with van der Waals surface area (Å²) in [5.74, 6) is 0.877. The van der Waals surface area contributed by atoms with Crippen molar-refractivity contribution in [3.8, 4) is 0 Å². The van der Waals surface area contributed by atoms with Gasteiger partial charge in [-0.15, -0.1) is 0 Å². The Labute approximate surface area is 111 Å². The van der Waals surface area contributed by atoms with Gasteiger partial charge in [0.05, 0.1) is 23.8 Å². The van der Waals surface area contributed by atoms with Crippen LogP contribution in [0.3, 0.4) is 0 Å². The Morgan fingerprint density at radius 1 is 1.37 bits per heavy atom. The zero-order valence-corrected chi connectivity index (χ0v) is 10.7. The Kier molecular flexibility index (Phi) is 4.30. The van der Waals surface area contributed by atoms with Crippen LogP contribution in [0.2, 0.25) is 0 Å². The van der Waals surface area contributed by atoms with E-state index in [1.807, 2.05) is 6.92 Å². The highest BCUT2D eigenvalue weighted by molar-refractivity contribution is 5.80. The lowest BCUT2D eigenvalue weighted by atomic mass is 10.3. The van der Waals surface area contributed by atoms with Crippen LogP contribution in [0.4, 0.5) is 11.4 Å². The Bertz CT molecular complexity index is 466. The molecular formula is C12H16N4O3. The molecule has 102 valence electrons. The predicted molar refractivity (Wildman–Crippen MR) is 72.2 cm³/mol. The van der Waals surface area contributed by atoms with Crippen molar-refractivity contribution in [2.45, 2.75) is 6.92 Å². The second-order valence-corrected chi connectivity index (χ2v) is 4.17. The van der Waals surface area contributed by atoms with Crippen LogP contribution in [0.1, 0.15) is 6.92 Å². The first-order valence-electron chi connectivity index (χ1n) is 6.04. The molecule has 19 heavy (non-hydrogen) atoms. The minimum absolute atomic E-state index is 0.0689. The first-order valence-corrected chi connectivity index (χ1v) is 6.04. The minimum atomic E-state index is -0.425.